The predicted octanol–water partition coefficient (Wildman–Crippen LogP) is 5.27. The molecule has 0 aliphatic carbocycles. The molecule has 0 aliphatic heterocycles. The van der Waals surface area contributed by atoms with Crippen LogP contribution in [-0.4, -0.2) is 19.1 Å². The van der Waals surface area contributed by atoms with Crippen molar-refractivity contribution in [3.05, 3.63) is 57.4 Å². The summed E-state index contributed by atoms with van der Waals surface area (Å²) in [5, 5.41) is 11.5. The summed E-state index contributed by atoms with van der Waals surface area (Å²) in [5.41, 5.74) is -0.713. The number of nitrogens with zero attached hydrogens (tertiary/aromatic N) is 2. The number of carbonyl (C=O) groups is 1. The van der Waals surface area contributed by atoms with Crippen molar-refractivity contribution in [2.24, 2.45) is 0 Å². The van der Waals surface area contributed by atoms with Crippen LogP contribution in [0.2, 0.25) is 19.6 Å². The minimum atomic E-state index is -2.42. The summed E-state index contributed by atoms with van der Waals surface area (Å²) in [7, 11) is -2.42. The number of halogens is 5. The molecule has 2 aromatic rings. The van der Waals surface area contributed by atoms with Gasteiger partial charge in [0, 0.05) is 6.92 Å². The van der Waals surface area contributed by atoms with Crippen molar-refractivity contribution in [1.82, 2.24) is 0 Å². The van der Waals surface area contributed by atoms with Gasteiger partial charge < -0.3 is 9.30 Å². The largest absolute Gasteiger partial charge is 0.451 e. The maximum absolute atomic E-state index is 13.8. The molecule has 12 heteroatoms. The zero-order valence-electron chi connectivity index (χ0n) is 15.6. The molecule has 0 saturated heterocycles. The molecule has 0 spiro atoms. The highest BCUT2D eigenvalue weighted by Crippen LogP contribution is 2.38. The molecular weight excluding hydrogens is 419 g/mol. The Bertz CT molecular complexity index is 981. The van der Waals surface area contributed by atoms with E-state index < -0.39 is 65.3 Å². The van der Waals surface area contributed by atoms with Crippen LogP contribution in [0.4, 0.5) is 33.3 Å². The SMILES string of the molecule is CC(=O)N(c1ccc(Oc2c(F)c(F)c(F)c(F)c2F)cc1[N+](=O)[O-])[Si](C)(C)C. The fourth-order valence-electron chi connectivity index (χ4n) is 2.70. The molecule has 0 bridgehead atoms. The van der Waals surface area contributed by atoms with E-state index in [0.29, 0.717) is 0 Å². The van der Waals surface area contributed by atoms with Gasteiger partial charge in [0.15, 0.2) is 8.24 Å². The van der Waals surface area contributed by atoms with Gasteiger partial charge in [-0.1, -0.05) is 19.6 Å². The predicted molar refractivity (Wildman–Crippen MR) is 95.9 cm³/mol. The summed E-state index contributed by atoms with van der Waals surface area (Å²) >= 11 is 0. The summed E-state index contributed by atoms with van der Waals surface area (Å²) < 4.78 is 73.3. The molecule has 0 heterocycles. The van der Waals surface area contributed by atoms with Crippen LogP contribution in [-0.2, 0) is 4.79 Å². The molecule has 0 atom stereocenters. The van der Waals surface area contributed by atoms with Gasteiger partial charge in [0.05, 0.1) is 11.0 Å². The number of ether oxygens (including phenoxy) is 1. The van der Waals surface area contributed by atoms with Gasteiger partial charge in [-0.15, -0.1) is 0 Å². The van der Waals surface area contributed by atoms with Crippen molar-refractivity contribution in [2.75, 3.05) is 4.57 Å². The number of anilines is 1. The lowest BCUT2D eigenvalue weighted by Gasteiger charge is -2.33. The second kappa shape index (κ2) is 7.77. The van der Waals surface area contributed by atoms with E-state index in [9.17, 15) is 36.9 Å². The van der Waals surface area contributed by atoms with Crippen molar-refractivity contribution in [3.63, 3.8) is 0 Å². The minimum absolute atomic E-state index is 0.0774. The van der Waals surface area contributed by atoms with Gasteiger partial charge in [-0.3, -0.25) is 14.9 Å². The number of nitro benzene ring substituents is 1. The van der Waals surface area contributed by atoms with E-state index in [1.807, 2.05) is 0 Å². The van der Waals surface area contributed by atoms with Gasteiger partial charge in [0.1, 0.15) is 11.4 Å². The van der Waals surface area contributed by atoms with Gasteiger partial charge in [-0.2, -0.15) is 8.78 Å². The quantitative estimate of drug-likeness (QED) is 0.161. The molecule has 2 aromatic carbocycles. The fraction of sp³-hybridized carbons (Fsp3) is 0.235. The zero-order chi connectivity index (χ0) is 22.3. The monoisotopic (exact) mass is 434 g/mol. The van der Waals surface area contributed by atoms with Crippen molar-refractivity contribution < 1.29 is 36.4 Å². The van der Waals surface area contributed by atoms with E-state index in [4.69, 9.17) is 4.74 Å². The molecule has 6 nitrogen and oxygen atoms in total. The van der Waals surface area contributed by atoms with Crippen molar-refractivity contribution in [2.45, 2.75) is 26.6 Å². The van der Waals surface area contributed by atoms with Crippen LogP contribution in [0.1, 0.15) is 6.92 Å². The maximum Gasteiger partial charge on any atom is 0.295 e. The molecular formula is C17H15F5N2O4Si. The number of rotatable bonds is 5. The van der Waals surface area contributed by atoms with E-state index in [2.05, 4.69) is 0 Å². The van der Waals surface area contributed by atoms with E-state index in [1.54, 1.807) is 19.6 Å². The first-order valence-electron chi connectivity index (χ1n) is 8.05. The number of hydrogen-bond donors (Lipinski definition) is 0. The third-order valence-electron chi connectivity index (χ3n) is 3.76. The van der Waals surface area contributed by atoms with Crippen LogP contribution < -0.4 is 9.30 Å². The van der Waals surface area contributed by atoms with Crippen LogP contribution in [0, 0.1) is 39.2 Å². The standard InChI is InChI=1S/C17H15F5N2O4Si/c1-8(25)23(29(2,3)4)10-6-5-9(7-11(10)24(26)27)28-17-15(21)13(19)12(18)14(20)16(17)22/h5-7H,1-4H3. The van der Waals surface area contributed by atoms with Gasteiger partial charge in [0.25, 0.3) is 5.69 Å². The van der Waals surface area contributed by atoms with Crippen molar-refractivity contribution in [1.29, 1.82) is 0 Å². The van der Waals surface area contributed by atoms with Gasteiger partial charge in [-0.25, -0.2) is 13.2 Å². The average Bonchev–Trinajstić information content (AvgIpc) is 2.61. The molecule has 0 aliphatic rings. The maximum atomic E-state index is 13.8. The topological polar surface area (TPSA) is 72.7 Å². The lowest BCUT2D eigenvalue weighted by Crippen LogP contribution is -2.49. The fourth-order valence-corrected chi connectivity index (χ4v) is 4.55. The third kappa shape index (κ3) is 4.21. The molecule has 156 valence electrons. The molecule has 0 saturated carbocycles. The Morgan fingerprint density at radius 2 is 1.48 bits per heavy atom. The van der Waals surface area contributed by atoms with Crippen LogP contribution in [0.5, 0.6) is 11.5 Å². The molecule has 1 amide bonds. The van der Waals surface area contributed by atoms with Gasteiger partial charge in [-0.05, 0) is 12.1 Å². The van der Waals surface area contributed by atoms with Gasteiger partial charge in [0.2, 0.25) is 40.7 Å². The summed E-state index contributed by atoms with van der Waals surface area (Å²) in [6.07, 6.45) is 0. The van der Waals surface area contributed by atoms with E-state index in [-0.39, 0.29) is 5.69 Å². The Labute approximate surface area is 162 Å². The molecule has 29 heavy (non-hydrogen) atoms. The average molecular weight is 434 g/mol. The first-order valence-corrected chi connectivity index (χ1v) is 11.5. The molecule has 0 fully saturated rings. The zero-order valence-corrected chi connectivity index (χ0v) is 16.6. The number of hydrogen-bond acceptors (Lipinski definition) is 4. The Morgan fingerprint density at radius 1 is 1.00 bits per heavy atom. The number of carbonyl (C=O) groups excluding carboxylic acids is 1. The number of nitro groups is 1. The van der Waals surface area contributed by atoms with E-state index >= 15 is 0 Å². The molecule has 0 radical (unpaired) electrons. The summed E-state index contributed by atoms with van der Waals surface area (Å²) in [4.78, 5) is 22.7. The van der Waals surface area contributed by atoms with Gasteiger partial charge >= 0.3 is 0 Å². The van der Waals surface area contributed by atoms with Crippen LogP contribution >= 0.6 is 0 Å². The summed E-state index contributed by atoms with van der Waals surface area (Å²) in [6.45, 7) is 6.51. The van der Waals surface area contributed by atoms with Crippen LogP contribution in [0.15, 0.2) is 18.2 Å². The normalized spacial score (nSPS) is 11.3. The third-order valence-corrected chi connectivity index (χ3v) is 5.66. The smallest absolute Gasteiger partial charge is 0.295 e. The first-order chi connectivity index (χ1) is 13.3. The Kier molecular flexibility index (Phi) is 5.97. The molecule has 0 unspecified atom stereocenters. The summed E-state index contributed by atoms with van der Waals surface area (Å²) in [5.74, 6) is -13.8. The Balaban J connectivity index is 2.61. The van der Waals surface area contributed by atoms with Crippen LogP contribution in [0.3, 0.4) is 0 Å². The second-order valence-electron chi connectivity index (χ2n) is 6.93. The minimum Gasteiger partial charge on any atom is -0.451 e. The molecule has 0 aromatic heterocycles. The number of benzene rings is 2. The number of amides is 1. The molecule has 2 rings (SSSR count). The Morgan fingerprint density at radius 3 is 1.90 bits per heavy atom. The summed E-state index contributed by atoms with van der Waals surface area (Å²) in [6, 6.07) is 2.87. The lowest BCUT2D eigenvalue weighted by atomic mass is 10.2. The van der Waals surface area contributed by atoms with E-state index in [0.717, 1.165) is 18.2 Å². The van der Waals surface area contributed by atoms with Crippen molar-refractivity contribution >= 4 is 25.5 Å². The highest BCUT2D eigenvalue weighted by atomic mass is 28.3. The highest BCUT2D eigenvalue weighted by molar-refractivity contribution is 6.83. The highest BCUT2D eigenvalue weighted by Gasteiger charge is 2.33. The first kappa shape index (κ1) is 22.3. The molecule has 0 N–H and O–H groups in total. The Hall–Kier alpha value is -3.02. The second-order valence-corrected chi connectivity index (χ2v) is 11.7. The lowest BCUT2D eigenvalue weighted by molar-refractivity contribution is -0.384. The van der Waals surface area contributed by atoms with E-state index in [1.165, 1.54) is 11.5 Å². The van der Waals surface area contributed by atoms with Crippen LogP contribution in [0.25, 0.3) is 0 Å². The van der Waals surface area contributed by atoms with Crippen molar-refractivity contribution in [3.8, 4) is 11.5 Å².